The summed E-state index contributed by atoms with van der Waals surface area (Å²) in [6.45, 7) is 3.59. The highest BCUT2D eigenvalue weighted by Gasteiger charge is 2.36. The third-order valence-corrected chi connectivity index (χ3v) is 6.65. The third-order valence-electron chi connectivity index (χ3n) is 5.29. The second-order valence-corrected chi connectivity index (χ2v) is 9.67. The number of alkyl halides is 3. The summed E-state index contributed by atoms with van der Waals surface area (Å²) < 4.78 is 65.2. The number of fused-ring (bicyclic) bond motifs is 1. The average Bonchev–Trinajstić information content (AvgIpc) is 3.02. The number of aromatic nitrogens is 1. The number of benzene rings is 2. The zero-order valence-electron chi connectivity index (χ0n) is 17.6. The number of nitriles is 1. The largest absolute Gasteiger partial charge is 0.418 e. The summed E-state index contributed by atoms with van der Waals surface area (Å²) in [6, 6.07) is 15.6. The van der Waals surface area contributed by atoms with E-state index in [1.54, 1.807) is 38.1 Å². The Morgan fingerprint density at radius 3 is 2.36 bits per heavy atom. The predicted molar refractivity (Wildman–Crippen MR) is 121 cm³/mol. The van der Waals surface area contributed by atoms with Crippen molar-refractivity contribution < 1.29 is 22.3 Å². The molecule has 0 saturated heterocycles. The van der Waals surface area contributed by atoms with Crippen LogP contribution < -0.4 is 5.32 Å². The van der Waals surface area contributed by atoms with Gasteiger partial charge in [-0.1, -0.05) is 29.0 Å². The topological polar surface area (TPSA) is 102 Å². The van der Waals surface area contributed by atoms with Crippen LogP contribution in [0.4, 0.5) is 18.9 Å². The van der Waals surface area contributed by atoms with Crippen molar-refractivity contribution in [3.63, 3.8) is 0 Å². The van der Waals surface area contributed by atoms with Crippen molar-refractivity contribution in [1.29, 1.82) is 5.26 Å². The first-order valence-electron chi connectivity index (χ1n) is 9.76. The van der Waals surface area contributed by atoms with Crippen LogP contribution in [0.2, 0.25) is 0 Å². The predicted octanol–water partition coefficient (Wildman–Crippen LogP) is 6.47. The third kappa shape index (κ3) is 4.30. The van der Waals surface area contributed by atoms with Gasteiger partial charge in [-0.3, -0.25) is 14.1 Å². The maximum Gasteiger partial charge on any atom is 0.418 e. The van der Waals surface area contributed by atoms with E-state index in [0.29, 0.717) is 11.3 Å². The van der Waals surface area contributed by atoms with Gasteiger partial charge in [0, 0.05) is 23.0 Å². The number of nitrogens with one attached hydrogen (secondary N) is 1. The number of anilines is 1. The number of hydrogen-bond donors (Lipinski definition) is 3. The highest BCUT2D eigenvalue weighted by molar-refractivity contribution is 8.23. The smallest absolute Gasteiger partial charge is 0.338 e. The summed E-state index contributed by atoms with van der Waals surface area (Å²) in [5, 5.41) is 12.3. The van der Waals surface area contributed by atoms with E-state index < -0.39 is 27.9 Å². The summed E-state index contributed by atoms with van der Waals surface area (Å²) in [4.78, 5) is 3.88. The zero-order valence-corrected chi connectivity index (χ0v) is 18.4. The van der Waals surface area contributed by atoms with Gasteiger partial charge in [-0.25, -0.2) is 0 Å². The Morgan fingerprint density at radius 1 is 1.03 bits per heavy atom. The van der Waals surface area contributed by atoms with Crippen molar-refractivity contribution in [1.82, 2.24) is 4.98 Å². The normalized spacial score (nSPS) is 15.9. The Morgan fingerprint density at radius 2 is 1.73 bits per heavy atom. The lowest BCUT2D eigenvalue weighted by molar-refractivity contribution is -0.137. The fraction of sp³-hybridized carbons (Fsp3) is 0.174. The fourth-order valence-electron chi connectivity index (χ4n) is 3.44. The highest BCUT2D eigenvalue weighted by atomic mass is 32.3. The van der Waals surface area contributed by atoms with Crippen molar-refractivity contribution in [2.75, 3.05) is 5.32 Å². The molecule has 10 heteroatoms. The van der Waals surface area contributed by atoms with Crippen LogP contribution in [0.25, 0.3) is 11.3 Å². The van der Waals surface area contributed by atoms with Crippen molar-refractivity contribution >= 4 is 22.3 Å². The molecule has 0 bridgehead atoms. The zero-order chi connectivity index (χ0) is 24.0. The monoisotopic (exact) mass is 472 g/mol. The Bertz CT molecular complexity index is 1300. The van der Waals surface area contributed by atoms with Gasteiger partial charge in [0.25, 0.3) is 0 Å². The summed E-state index contributed by atoms with van der Waals surface area (Å²) in [5.74, 6) is 0.181. The molecule has 3 N–H and O–H groups in total. The minimum absolute atomic E-state index is 0.0171. The molecule has 0 unspecified atom stereocenters. The quantitative estimate of drug-likeness (QED) is 0.406. The van der Waals surface area contributed by atoms with Gasteiger partial charge in [-0.15, -0.1) is 4.40 Å². The molecule has 0 saturated carbocycles. The molecule has 0 radical (unpaired) electrons. The molecule has 1 aromatic heterocycles. The maximum atomic E-state index is 13.4. The first kappa shape index (κ1) is 22.8. The van der Waals surface area contributed by atoms with E-state index in [1.165, 1.54) is 30.5 Å². The molecule has 33 heavy (non-hydrogen) atoms. The molecule has 3 aromatic rings. The van der Waals surface area contributed by atoms with Gasteiger partial charge >= 0.3 is 6.18 Å². The average molecular weight is 472 g/mol. The van der Waals surface area contributed by atoms with Crippen LogP contribution in [0.5, 0.6) is 0 Å². The minimum Gasteiger partial charge on any atom is -0.338 e. The van der Waals surface area contributed by atoms with Crippen molar-refractivity contribution in [3.05, 3.63) is 77.5 Å². The van der Waals surface area contributed by atoms with Gasteiger partial charge in [0.05, 0.1) is 27.6 Å². The first-order valence-corrected chi connectivity index (χ1v) is 11.3. The lowest BCUT2D eigenvalue weighted by Crippen LogP contribution is -2.15. The second-order valence-electron chi connectivity index (χ2n) is 8.01. The Hall–Kier alpha value is -3.39. The van der Waals surface area contributed by atoms with Crippen LogP contribution in [-0.2, 0) is 11.6 Å². The van der Waals surface area contributed by atoms with Crippen LogP contribution in [0.15, 0.2) is 70.1 Å². The van der Waals surface area contributed by atoms with Crippen molar-refractivity contribution in [2.45, 2.75) is 30.3 Å². The molecular weight excluding hydrogens is 453 g/mol. The van der Waals surface area contributed by atoms with Gasteiger partial charge in [-0.2, -0.15) is 18.4 Å². The van der Waals surface area contributed by atoms with E-state index in [4.69, 9.17) is 0 Å². The van der Waals surface area contributed by atoms with Gasteiger partial charge in [0.15, 0.2) is 5.84 Å². The van der Waals surface area contributed by atoms with Crippen LogP contribution in [0, 0.1) is 11.3 Å². The van der Waals surface area contributed by atoms with E-state index in [0.717, 1.165) is 11.6 Å². The number of nitrogens with zero attached hydrogens (tertiary/aromatic N) is 3. The molecule has 2 aromatic carbocycles. The van der Waals surface area contributed by atoms with Crippen molar-refractivity contribution in [3.8, 4) is 17.3 Å². The summed E-state index contributed by atoms with van der Waals surface area (Å²) in [7, 11) is -3.62. The van der Waals surface area contributed by atoms with E-state index in [2.05, 4.69) is 20.8 Å². The summed E-state index contributed by atoms with van der Waals surface area (Å²) in [5.41, 5.74) is -0.00982. The number of pyridine rings is 1. The number of hydrogen-bond acceptors (Lipinski definition) is 6. The highest BCUT2D eigenvalue weighted by Crippen LogP contribution is 2.56. The molecule has 0 amide bonds. The standard InChI is InChI=1S/C23H19F3N4O2S/c1-22(2,13-27)15-6-8-16(9-7-15)29-21-17-10-5-14(12-19(17)33(31,32)30-21)20-18(23(24,25)26)4-3-11-28-20/h3-12,31-32H,1-2H3,(H,29,30). The fourth-order valence-corrected chi connectivity index (χ4v) is 4.68. The molecule has 4 rings (SSSR count). The molecule has 2 heterocycles. The molecule has 6 nitrogen and oxygen atoms in total. The summed E-state index contributed by atoms with van der Waals surface area (Å²) >= 11 is 0. The molecule has 1 aliphatic rings. The van der Waals surface area contributed by atoms with Gasteiger partial charge in [0.2, 0.25) is 0 Å². The number of rotatable bonds is 3. The number of halogens is 3. The van der Waals surface area contributed by atoms with Crippen molar-refractivity contribution in [2.24, 2.45) is 4.40 Å². The Kier molecular flexibility index (Phi) is 5.44. The lowest BCUT2D eigenvalue weighted by atomic mass is 9.86. The van der Waals surface area contributed by atoms with Crippen LogP contribution in [0.3, 0.4) is 0 Å². The van der Waals surface area contributed by atoms with Crippen LogP contribution in [-0.4, -0.2) is 19.9 Å². The van der Waals surface area contributed by atoms with Gasteiger partial charge in [0.1, 0.15) is 0 Å². The van der Waals surface area contributed by atoms with Gasteiger partial charge < -0.3 is 5.32 Å². The Balaban J connectivity index is 1.68. The number of amidine groups is 1. The lowest BCUT2D eigenvalue weighted by Gasteiger charge is -2.23. The maximum absolute atomic E-state index is 13.4. The van der Waals surface area contributed by atoms with Gasteiger partial charge in [-0.05, 0) is 55.8 Å². The van der Waals surface area contributed by atoms with E-state index in [-0.39, 0.29) is 22.0 Å². The minimum atomic E-state index is -4.61. The molecule has 0 spiro atoms. The van der Waals surface area contributed by atoms with E-state index in [9.17, 15) is 27.5 Å². The molecule has 170 valence electrons. The SMILES string of the molecule is CC(C)(C#N)c1ccc(NC2=NS(O)(O)c3cc(-c4ncccc4C(F)(F)F)ccc32)cc1. The molecule has 0 aliphatic carbocycles. The molecule has 1 aliphatic heterocycles. The molecule has 0 atom stereocenters. The van der Waals surface area contributed by atoms with E-state index in [1.807, 2.05) is 0 Å². The summed E-state index contributed by atoms with van der Waals surface area (Å²) in [6.07, 6.45) is -3.36. The van der Waals surface area contributed by atoms with Crippen LogP contribution in [0.1, 0.15) is 30.5 Å². The second kappa shape index (κ2) is 7.88. The van der Waals surface area contributed by atoms with E-state index >= 15 is 0 Å². The Labute approximate surface area is 189 Å². The first-order chi connectivity index (χ1) is 15.4. The molecular formula is C23H19F3N4O2S. The van der Waals surface area contributed by atoms with Crippen LogP contribution >= 0.6 is 10.8 Å². The molecule has 0 fully saturated rings.